The van der Waals surface area contributed by atoms with E-state index >= 15 is 0 Å². The lowest BCUT2D eigenvalue weighted by Crippen LogP contribution is -2.32. The van der Waals surface area contributed by atoms with Gasteiger partial charge in [-0.05, 0) is 43.0 Å². The molecule has 5 nitrogen and oxygen atoms in total. The largest absolute Gasteiger partial charge is 0.393 e. The highest BCUT2D eigenvalue weighted by molar-refractivity contribution is 7.13. The molecule has 1 aliphatic carbocycles. The lowest BCUT2D eigenvalue weighted by molar-refractivity contribution is 0.0902. The molecule has 0 aliphatic heterocycles. The molecule has 0 bridgehead atoms. The Labute approximate surface area is 127 Å². The van der Waals surface area contributed by atoms with Crippen molar-refractivity contribution in [3.63, 3.8) is 0 Å². The van der Waals surface area contributed by atoms with E-state index in [1.165, 1.54) is 0 Å². The molecule has 1 aliphatic rings. The van der Waals surface area contributed by atoms with Crippen LogP contribution in [0.1, 0.15) is 36.2 Å². The third-order valence-electron chi connectivity index (χ3n) is 3.87. The van der Waals surface area contributed by atoms with Gasteiger partial charge in [0.1, 0.15) is 0 Å². The number of aromatic nitrogens is 1. The third-order valence-corrected chi connectivity index (χ3v) is 4.76. The first-order valence-corrected chi connectivity index (χ1v) is 8.07. The van der Waals surface area contributed by atoms with Crippen molar-refractivity contribution in [2.75, 3.05) is 6.54 Å². The molecule has 2 aromatic rings. The van der Waals surface area contributed by atoms with E-state index in [2.05, 4.69) is 10.5 Å². The molecule has 2 heterocycles. The number of nitrogens with one attached hydrogen (secondary N) is 1. The minimum absolute atomic E-state index is 0.166. The highest BCUT2D eigenvalue weighted by Gasteiger charge is 2.21. The molecule has 0 aromatic carbocycles. The Hall–Kier alpha value is -1.66. The molecular formula is C15H18N2O3S. The summed E-state index contributed by atoms with van der Waals surface area (Å²) in [5.41, 5.74) is 0.314. The minimum Gasteiger partial charge on any atom is -0.393 e. The molecule has 0 unspecified atom stereocenters. The smallest absolute Gasteiger partial charge is 0.273 e. The molecule has 0 spiro atoms. The number of amides is 1. The van der Waals surface area contributed by atoms with Crippen LogP contribution in [0, 0.1) is 5.92 Å². The summed E-state index contributed by atoms with van der Waals surface area (Å²) in [5.74, 6) is 0.865. The van der Waals surface area contributed by atoms with Gasteiger partial charge in [-0.2, -0.15) is 0 Å². The van der Waals surface area contributed by atoms with Gasteiger partial charge in [0.15, 0.2) is 11.5 Å². The first-order valence-electron chi connectivity index (χ1n) is 7.19. The van der Waals surface area contributed by atoms with E-state index < -0.39 is 0 Å². The SMILES string of the molecule is O=C(NCC1CCC(O)CC1)c1cc(-c2cccs2)on1. The molecule has 0 atom stereocenters. The second-order valence-corrected chi connectivity index (χ2v) is 6.39. The van der Waals surface area contributed by atoms with Gasteiger partial charge in [-0.15, -0.1) is 11.3 Å². The van der Waals surface area contributed by atoms with Crippen molar-refractivity contribution in [3.05, 3.63) is 29.3 Å². The van der Waals surface area contributed by atoms with Gasteiger partial charge in [0, 0.05) is 12.6 Å². The summed E-state index contributed by atoms with van der Waals surface area (Å²) in [4.78, 5) is 13.0. The predicted molar refractivity (Wildman–Crippen MR) is 80.1 cm³/mol. The van der Waals surface area contributed by atoms with Crippen molar-refractivity contribution < 1.29 is 14.4 Å². The van der Waals surface area contributed by atoms with E-state index in [1.54, 1.807) is 17.4 Å². The molecular weight excluding hydrogens is 288 g/mol. The summed E-state index contributed by atoms with van der Waals surface area (Å²) >= 11 is 1.55. The zero-order chi connectivity index (χ0) is 14.7. The molecule has 1 amide bonds. The fourth-order valence-corrected chi connectivity index (χ4v) is 3.27. The number of hydrogen-bond acceptors (Lipinski definition) is 5. The van der Waals surface area contributed by atoms with E-state index in [9.17, 15) is 9.90 Å². The Morgan fingerprint density at radius 2 is 2.24 bits per heavy atom. The van der Waals surface area contributed by atoms with Crippen molar-refractivity contribution in [2.24, 2.45) is 5.92 Å². The molecule has 2 aromatic heterocycles. The number of thiophene rings is 1. The number of carbonyl (C=O) groups is 1. The predicted octanol–water partition coefficient (Wildman–Crippen LogP) is 2.68. The van der Waals surface area contributed by atoms with Crippen LogP contribution >= 0.6 is 11.3 Å². The molecule has 21 heavy (non-hydrogen) atoms. The number of aliphatic hydroxyl groups is 1. The minimum atomic E-state index is -0.201. The molecule has 1 saturated carbocycles. The Morgan fingerprint density at radius 3 is 2.95 bits per heavy atom. The topological polar surface area (TPSA) is 75.4 Å². The average molecular weight is 306 g/mol. The lowest BCUT2D eigenvalue weighted by atomic mass is 9.87. The van der Waals surface area contributed by atoms with Crippen molar-refractivity contribution in [1.29, 1.82) is 0 Å². The quantitative estimate of drug-likeness (QED) is 0.910. The fourth-order valence-electron chi connectivity index (χ4n) is 2.59. The third kappa shape index (κ3) is 3.51. The van der Waals surface area contributed by atoms with Crippen LogP contribution in [-0.4, -0.2) is 28.8 Å². The maximum Gasteiger partial charge on any atom is 0.273 e. The van der Waals surface area contributed by atoms with Gasteiger partial charge in [0.25, 0.3) is 5.91 Å². The van der Waals surface area contributed by atoms with E-state index in [0.29, 0.717) is 23.9 Å². The maximum atomic E-state index is 12.1. The number of hydrogen-bond donors (Lipinski definition) is 2. The van der Waals surface area contributed by atoms with Crippen LogP contribution in [-0.2, 0) is 0 Å². The van der Waals surface area contributed by atoms with Gasteiger partial charge in [0.05, 0.1) is 11.0 Å². The second-order valence-electron chi connectivity index (χ2n) is 5.44. The molecule has 2 N–H and O–H groups in total. The van der Waals surface area contributed by atoms with E-state index in [4.69, 9.17) is 4.52 Å². The molecule has 0 saturated heterocycles. The number of rotatable bonds is 4. The second kappa shape index (κ2) is 6.41. The van der Waals surface area contributed by atoms with E-state index in [0.717, 1.165) is 30.6 Å². The van der Waals surface area contributed by atoms with Crippen LogP contribution in [0.3, 0.4) is 0 Å². The Morgan fingerprint density at radius 1 is 1.43 bits per heavy atom. The van der Waals surface area contributed by atoms with Gasteiger partial charge < -0.3 is 14.9 Å². The van der Waals surface area contributed by atoms with E-state index in [-0.39, 0.29) is 12.0 Å². The molecule has 1 fully saturated rings. The molecule has 3 rings (SSSR count). The Kier molecular flexibility index (Phi) is 4.36. The fraction of sp³-hybridized carbons (Fsp3) is 0.467. The summed E-state index contributed by atoms with van der Waals surface area (Å²) in [7, 11) is 0. The monoisotopic (exact) mass is 306 g/mol. The van der Waals surface area contributed by atoms with Crippen molar-refractivity contribution in [2.45, 2.75) is 31.8 Å². The summed E-state index contributed by atoms with van der Waals surface area (Å²) in [5, 5.41) is 18.2. The highest BCUT2D eigenvalue weighted by Crippen LogP contribution is 2.25. The molecule has 6 heteroatoms. The summed E-state index contributed by atoms with van der Waals surface area (Å²) in [6, 6.07) is 5.53. The summed E-state index contributed by atoms with van der Waals surface area (Å²) < 4.78 is 5.20. The number of aliphatic hydroxyl groups excluding tert-OH is 1. The van der Waals surface area contributed by atoms with Gasteiger partial charge >= 0.3 is 0 Å². The zero-order valence-corrected chi connectivity index (χ0v) is 12.4. The van der Waals surface area contributed by atoms with Gasteiger partial charge in [-0.3, -0.25) is 4.79 Å². The number of carbonyl (C=O) groups excluding carboxylic acids is 1. The van der Waals surface area contributed by atoms with Crippen LogP contribution in [0.2, 0.25) is 0 Å². The Balaban J connectivity index is 1.54. The summed E-state index contributed by atoms with van der Waals surface area (Å²) in [6.07, 6.45) is 3.41. The van der Waals surface area contributed by atoms with Crippen molar-refractivity contribution in [3.8, 4) is 10.6 Å². The standard InChI is InChI=1S/C15H18N2O3S/c18-11-5-3-10(4-6-11)9-16-15(19)12-8-13(20-17-12)14-2-1-7-21-14/h1-2,7-8,10-11,18H,3-6,9H2,(H,16,19). The molecule has 0 radical (unpaired) electrons. The van der Waals surface area contributed by atoms with Crippen LogP contribution in [0.5, 0.6) is 0 Å². The zero-order valence-electron chi connectivity index (χ0n) is 11.6. The lowest BCUT2D eigenvalue weighted by Gasteiger charge is -2.25. The van der Waals surface area contributed by atoms with Gasteiger partial charge in [-0.1, -0.05) is 11.2 Å². The first kappa shape index (κ1) is 14.3. The van der Waals surface area contributed by atoms with Gasteiger partial charge in [-0.25, -0.2) is 0 Å². The molecule has 112 valence electrons. The van der Waals surface area contributed by atoms with Crippen LogP contribution in [0.15, 0.2) is 28.1 Å². The first-order chi connectivity index (χ1) is 10.2. The van der Waals surface area contributed by atoms with Crippen LogP contribution < -0.4 is 5.32 Å². The van der Waals surface area contributed by atoms with Gasteiger partial charge in [0.2, 0.25) is 0 Å². The van der Waals surface area contributed by atoms with Crippen molar-refractivity contribution >= 4 is 17.2 Å². The van der Waals surface area contributed by atoms with Crippen LogP contribution in [0.25, 0.3) is 10.6 Å². The maximum absolute atomic E-state index is 12.1. The Bertz CT molecular complexity index is 586. The van der Waals surface area contributed by atoms with Crippen LogP contribution in [0.4, 0.5) is 0 Å². The highest BCUT2D eigenvalue weighted by atomic mass is 32.1. The van der Waals surface area contributed by atoms with Crippen molar-refractivity contribution in [1.82, 2.24) is 10.5 Å². The van der Waals surface area contributed by atoms with E-state index in [1.807, 2.05) is 17.5 Å². The average Bonchev–Trinajstić information content (AvgIpc) is 3.17. The number of nitrogens with zero attached hydrogens (tertiary/aromatic N) is 1. The summed E-state index contributed by atoms with van der Waals surface area (Å²) in [6.45, 7) is 0.632. The normalized spacial score (nSPS) is 22.1.